The Bertz CT molecular complexity index is 499. The lowest BCUT2D eigenvalue weighted by atomic mass is 9.78. The van der Waals surface area contributed by atoms with E-state index in [1.807, 2.05) is 0 Å². The van der Waals surface area contributed by atoms with E-state index in [-0.39, 0.29) is 0 Å². The molecule has 96 valence electrons. The molecule has 1 saturated carbocycles. The van der Waals surface area contributed by atoms with Gasteiger partial charge in [0.25, 0.3) is 0 Å². The molecule has 0 radical (unpaired) electrons. The Kier molecular flexibility index (Phi) is 4.01. The summed E-state index contributed by atoms with van der Waals surface area (Å²) >= 11 is 9.29. The van der Waals surface area contributed by atoms with E-state index in [1.165, 1.54) is 0 Å². The van der Waals surface area contributed by atoms with Crippen LogP contribution in [-0.2, 0) is 0 Å². The van der Waals surface area contributed by atoms with Gasteiger partial charge in [-0.15, -0.1) is 0 Å². The summed E-state index contributed by atoms with van der Waals surface area (Å²) in [6.07, 6.45) is 1.76. The molecule has 0 amide bonds. The molecule has 1 aliphatic rings. The second kappa shape index (κ2) is 5.21. The molecule has 3 unspecified atom stereocenters. The number of nitriles is 1. The summed E-state index contributed by atoms with van der Waals surface area (Å²) in [5, 5.41) is 20.6. The summed E-state index contributed by atoms with van der Waals surface area (Å²) in [5.41, 5.74) is 0.106. The van der Waals surface area contributed by atoms with Crippen molar-refractivity contribution in [1.82, 2.24) is 0 Å². The molecular weight excluding hydrogens is 314 g/mol. The fraction of sp³-hybridized carbons (Fsp3) is 0.500. The molecular formula is C14H15BrClNO. The van der Waals surface area contributed by atoms with Crippen molar-refractivity contribution in [3.63, 3.8) is 0 Å². The van der Waals surface area contributed by atoms with Gasteiger partial charge in [0.05, 0.1) is 22.6 Å². The van der Waals surface area contributed by atoms with Gasteiger partial charge in [-0.2, -0.15) is 5.26 Å². The molecule has 4 heteroatoms. The maximum atomic E-state index is 10.5. The van der Waals surface area contributed by atoms with Crippen LogP contribution in [-0.4, -0.2) is 5.11 Å². The van der Waals surface area contributed by atoms with E-state index in [2.05, 4.69) is 28.9 Å². The third-order valence-corrected chi connectivity index (χ3v) is 5.02. The lowest BCUT2D eigenvalue weighted by molar-refractivity contribution is 0.0647. The highest BCUT2D eigenvalue weighted by atomic mass is 79.9. The topological polar surface area (TPSA) is 44.0 Å². The molecule has 18 heavy (non-hydrogen) atoms. The molecule has 3 atom stereocenters. The van der Waals surface area contributed by atoms with Crippen molar-refractivity contribution in [2.45, 2.75) is 32.3 Å². The Morgan fingerprint density at radius 1 is 1.61 bits per heavy atom. The van der Waals surface area contributed by atoms with E-state index in [0.29, 0.717) is 10.9 Å². The molecule has 2 nitrogen and oxygen atoms in total. The first-order chi connectivity index (χ1) is 8.48. The summed E-state index contributed by atoms with van der Waals surface area (Å²) in [6, 6.07) is 7.68. The molecule has 0 aliphatic heterocycles. The largest absolute Gasteiger partial charge is 0.387 e. The van der Waals surface area contributed by atoms with Gasteiger partial charge in [-0.3, -0.25) is 0 Å². The number of hydrogen-bond donors (Lipinski definition) is 1. The lowest BCUT2D eigenvalue weighted by Gasteiger charge is -2.27. The van der Waals surface area contributed by atoms with Crippen LogP contribution in [0.15, 0.2) is 22.7 Å². The van der Waals surface area contributed by atoms with Gasteiger partial charge in [-0.05, 0) is 58.8 Å². The molecule has 1 fully saturated rings. The zero-order chi connectivity index (χ0) is 13.3. The van der Waals surface area contributed by atoms with E-state index in [9.17, 15) is 10.4 Å². The van der Waals surface area contributed by atoms with Crippen LogP contribution in [0.3, 0.4) is 0 Å². The summed E-state index contributed by atoms with van der Waals surface area (Å²) in [4.78, 5) is 0. The first-order valence-electron chi connectivity index (χ1n) is 6.03. The number of hydrogen-bond acceptors (Lipinski definition) is 2. The van der Waals surface area contributed by atoms with Crippen molar-refractivity contribution in [3.8, 4) is 6.07 Å². The highest BCUT2D eigenvalue weighted by Crippen LogP contribution is 2.49. The predicted molar refractivity (Wildman–Crippen MR) is 75.2 cm³/mol. The van der Waals surface area contributed by atoms with Crippen molar-refractivity contribution < 1.29 is 5.11 Å². The molecule has 1 aromatic rings. The standard InChI is InChI=1S/C14H15BrClNO/c1-9-4-5-14(7-9,8-17)13(18)10-2-3-12(16)11(15)6-10/h2-3,6,9,13,18H,4-5,7H2,1H3. The molecule has 1 N–H and O–H groups in total. The molecule has 0 saturated heterocycles. The second-order valence-corrected chi connectivity index (χ2v) is 6.45. The molecule has 1 aliphatic carbocycles. The van der Waals surface area contributed by atoms with E-state index in [4.69, 9.17) is 11.6 Å². The smallest absolute Gasteiger partial charge is 0.0976 e. The monoisotopic (exact) mass is 327 g/mol. The fourth-order valence-corrected chi connectivity index (χ4v) is 3.26. The number of rotatable bonds is 2. The zero-order valence-corrected chi connectivity index (χ0v) is 12.5. The maximum Gasteiger partial charge on any atom is 0.0976 e. The SMILES string of the molecule is CC1CCC(C#N)(C(O)c2ccc(Cl)c(Br)c2)C1. The number of aliphatic hydroxyl groups excluding tert-OH is 1. The lowest BCUT2D eigenvalue weighted by Crippen LogP contribution is -2.24. The molecule has 0 heterocycles. The summed E-state index contributed by atoms with van der Waals surface area (Å²) in [6.45, 7) is 2.13. The zero-order valence-electron chi connectivity index (χ0n) is 10.2. The summed E-state index contributed by atoms with van der Waals surface area (Å²) in [5.74, 6) is 0.495. The Morgan fingerprint density at radius 3 is 2.83 bits per heavy atom. The van der Waals surface area contributed by atoms with Crippen molar-refractivity contribution >= 4 is 27.5 Å². The second-order valence-electron chi connectivity index (χ2n) is 5.19. The van der Waals surface area contributed by atoms with E-state index in [1.54, 1.807) is 18.2 Å². The van der Waals surface area contributed by atoms with E-state index < -0.39 is 11.5 Å². The minimum atomic E-state index is -0.749. The van der Waals surface area contributed by atoms with Crippen molar-refractivity contribution in [2.75, 3.05) is 0 Å². The highest BCUT2D eigenvalue weighted by Gasteiger charge is 2.44. The average molecular weight is 329 g/mol. The van der Waals surface area contributed by atoms with Gasteiger partial charge in [0.1, 0.15) is 0 Å². The third-order valence-electron chi connectivity index (χ3n) is 3.80. The van der Waals surface area contributed by atoms with Crippen LogP contribution in [0, 0.1) is 22.7 Å². The fourth-order valence-electron chi connectivity index (χ4n) is 2.74. The Labute approximate surface area is 121 Å². The van der Waals surface area contributed by atoms with Gasteiger partial charge < -0.3 is 5.11 Å². The minimum absolute atomic E-state index is 0.495. The highest BCUT2D eigenvalue weighted by molar-refractivity contribution is 9.10. The van der Waals surface area contributed by atoms with Gasteiger partial charge >= 0.3 is 0 Å². The van der Waals surface area contributed by atoms with Crippen LogP contribution in [0.4, 0.5) is 0 Å². The first-order valence-corrected chi connectivity index (χ1v) is 7.20. The van der Waals surface area contributed by atoms with Crippen molar-refractivity contribution in [2.24, 2.45) is 11.3 Å². The molecule has 1 aromatic carbocycles. The quantitative estimate of drug-likeness (QED) is 0.870. The Balaban J connectivity index is 2.32. The number of aliphatic hydroxyl groups is 1. The number of halogens is 2. The molecule has 2 rings (SSSR count). The van der Waals surface area contributed by atoms with Gasteiger partial charge in [0, 0.05) is 4.47 Å². The van der Waals surface area contributed by atoms with Crippen LogP contribution < -0.4 is 0 Å². The normalized spacial score (nSPS) is 28.9. The summed E-state index contributed by atoms with van der Waals surface area (Å²) in [7, 11) is 0. The first kappa shape index (κ1) is 13.9. The van der Waals surface area contributed by atoms with Crippen molar-refractivity contribution in [3.05, 3.63) is 33.3 Å². The van der Waals surface area contributed by atoms with Gasteiger partial charge in [0.2, 0.25) is 0 Å². The maximum absolute atomic E-state index is 10.5. The van der Waals surface area contributed by atoms with E-state index >= 15 is 0 Å². The Hall–Kier alpha value is -0.560. The molecule has 0 spiro atoms. The number of nitrogens with zero attached hydrogens (tertiary/aromatic N) is 1. The minimum Gasteiger partial charge on any atom is -0.387 e. The van der Waals surface area contributed by atoms with E-state index in [0.717, 1.165) is 29.3 Å². The average Bonchev–Trinajstić information content (AvgIpc) is 2.75. The van der Waals surface area contributed by atoms with Crippen LogP contribution in [0.2, 0.25) is 5.02 Å². The van der Waals surface area contributed by atoms with Crippen LogP contribution in [0.25, 0.3) is 0 Å². The van der Waals surface area contributed by atoms with Crippen LogP contribution >= 0.6 is 27.5 Å². The summed E-state index contributed by atoms with van der Waals surface area (Å²) < 4.78 is 0.750. The predicted octanol–water partition coefficient (Wildman–Crippen LogP) is 4.47. The molecule has 0 bridgehead atoms. The molecule has 0 aromatic heterocycles. The van der Waals surface area contributed by atoms with Gasteiger partial charge in [-0.1, -0.05) is 24.6 Å². The van der Waals surface area contributed by atoms with Gasteiger partial charge in [-0.25, -0.2) is 0 Å². The number of benzene rings is 1. The third kappa shape index (κ3) is 2.42. The van der Waals surface area contributed by atoms with Gasteiger partial charge in [0.15, 0.2) is 0 Å². The van der Waals surface area contributed by atoms with Crippen molar-refractivity contribution in [1.29, 1.82) is 5.26 Å². The van der Waals surface area contributed by atoms with Crippen LogP contribution in [0.1, 0.15) is 37.9 Å². The van der Waals surface area contributed by atoms with Crippen LogP contribution in [0.5, 0.6) is 0 Å². The Morgan fingerprint density at radius 2 is 2.33 bits per heavy atom.